The van der Waals surface area contributed by atoms with E-state index in [1.54, 1.807) is 6.07 Å². The van der Waals surface area contributed by atoms with Gasteiger partial charge in [0, 0.05) is 0 Å². The Bertz CT molecular complexity index is 1430. The maximum Gasteiger partial charge on any atom is 1.00 e. The van der Waals surface area contributed by atoms with E-state index < -0.39 is 21.0 Å². The van der Waals surface area contributed by atoms with Gasteiger partial charge < -0.3 is 4.55 Å². The van der Waals surface area contributed by atoms with Gasteiger partial charge in [0.05, 0.1) is 16.3 Å². The second-order valence-electron chi connectivity index (χ2n) is 6.50. The summed E-state index contributed by atoms with van der Waals surface area (Å²) in [4.78, 5) is 24.3. The van der Waals surface area contributed by atoms with E-state index in [-0.39, 0.29) is 45.2 Å². The van der Waals surface area contributed by atoms with E-state index in [1.165, 1.54) is 24.3 Å². The molecule has 0 fully saturated rings. The predicted octanol–water partition coefficient (Wildman–Crippen LogP) is -2.34. The SMILES string of the molecule is Cc1ccc(N/N=c2/c(=O)cc/c(=N\Nc3ccc(S(=O)(=O)[O-])cc3)c2=O)c(C)c1.[Na+]. The first kappa shape index (κ1) is 24.6. The monoisotopic (exact) mass is 448 g/mol. The summed E-state index contributed by atoms with van der Waals surface area (Å²) in [5, 5.41) is 7.52. The zero-order valence-corrected chi connectivity index (χ0v) is 19.9. The number of benzene rings is 3. The Morgan fingerprint density at radius 1 is 0.871 bits per heavy atom. The van der Waals surface area contributed by atoms with Crippen molar-refractivity contribution in [2.45, 2.75) is 18.7 Å². The molecular weight excluding hydrogens is 431 g/mol. The van der Waals surface area contributed by atoms with Crippen LogP contribution in [-0.4, -0.2) is 13.0 Å². The molecule has 3 aromatic carbocycles. The van der Waals surface area contributed by atoms with Crippen molar-refractivity contribution in [2.24, 2.45) is 10.2 Å². The van der Waals surface area contributed by atoms with Crippen LogP contribution < -0.4 is 62.0 Å². The summed E-state index contributed by atoms with van der Waals surface area (Å²) >= 11 is 0. The van der Waals surface area contributed by atoms with E-state index in [2.05, 4.69) is 21.1 Å². The van der Waals surface area contributed by atoms with E-state index in [0.29, 0.717) is 11.4 Å². The normalized spacial score (nSPS) is 12.4. The van der Waals surface area contributed by atoms with Crippen molar-refractivity contribution in [1.82, 2.24) is 0 Å². The van der Waals surface area contributed by atoms with Gasteiger partial charge in [-0.15, -0.1) is 0 Å². The van der Waals surface area contributed by atoms with Crippen LogP contribution in [0.1, 0.15) is 11.1 Å². The summed E-state index contributed by atoms with van der Waals surface area (Å²) in [5.74, 6) is 0. The maximum atomic E-state index is 12.6. The van der Waals surface area contributed by atoms with Crippen molar-refractivity contribution in [2.75, 3.05) is 10.9 Å². The van der Waals surface area contributed by atoms with E-state index in [9.17, 15) is 22.6 Å². The van der Waals surface area contributed by atoms with Gasteiger partial charge in [-0.2, -0.15) is 10.2 Å². The Kier molecular flexibility index (Phi) is 8.04. The number of nitrogens with one attached hydrogen (secondary N) is 2. The summed E-state index contributed by atoms with van der Waals surface area (Å²) < 4.78 is 32.9. The van der Waals surface area contributed by atoms with Crippen LogP contribution >= 0.6 is 0 Å². The molecule has 154 valence electrons. The molecule has 31 heavy (non-hydrogen) atoms. The van der Waals surface area contributed by atoms with E-state index in [4.69, 9.17) is 0 Å². The van der Waals surface area contributed by atoms with Gasteiger partial charge in [-0.25, -0.2) is 8.42 Å². The molecule has 9 nitrogen and oxygen atoms in total. The molecule has 0 unspecified atom stereocenters. The Morgan fingerprint density at radius 2 is 1.55 bits per heavy atom. The maximum absolute atomic E-state index is 12.6. The van der Waals surface area contributed by atoms with E-state index in [0.717, 1.165) is 23.3 Å². The van der Waals surface area contributed by atoms with Gasteiger partial charge in [-0.1, -0.05) is 17.7 Å². The Balaban J connectivity index is 0.00000341. The van der Waals surface area contributed by atoms with Crippen LogP contribution in [0.4, 0.5) is 11.4 Å². The third-order valence-corrected chi connectivity index (χ3v) is 5.04. The van der Waals surface area contributed by atoms with Crippen molar-refractivity contribution in [3.63, 3.8) is 0 Å². The third-order valence-electron chi connectivity index (χ3n) is 4.19. The molecule has 0 radical (unpaired) electrons. The number of anilines is 2. The van der Waals surface area contributed by atoms with E-state index in [1.807, 2.05) is 26.0 Å². The van der Waals surface area contributed by atoms with E-state index >= 15 is 0 Å². The molecule has 2 N–H and O–H groups in total. The molecule has 0 aliphatic heterocycles. The predicted molar refractivity (Wildman–Crippen MR) is 110 cm³/mol. The number of aryl methyl sites for hydroxylation is 2. The summed E-state index contributed by atoms with van der Waals surface area (Å²) in [6.45, 7) is 3.82. The quantitative estimate of drug-likeness (QED) is 0.253. The Hall–Kier alpha value is -2.63. The van der Waals surface area contributed by atoms with Gasteiger partial charge >= 0.3 is 29.6 Å². The van der Waals surface area contributed by atoms with Crippen LogP contribution in [0.3, 0.4) is 0 Å². The molecule has 0 aromatic heterocycles. The molecule has 11 heteroatoms. The molecule has 0 aliphatic carbocycles. The average Bonchev–Trinajstić information content (AvgIpc) is 2.68. The fraction of sp³-hybridized carbons (Fsp3) is 0.100. The standard InChI is InChI=1S/C20H18N4O5S.Na/c1-12-3-8-16(13(2)11-12)22-24-19-18(25)10-9-17(20(19)26)23-21-14-4-6-15(7-5-14)30(27,28)29;/h3-11,21-22H,1-2H3,(H,27,28,29);/q;+1/p-1/b23-17+,24-19-;. The second-order valence-corrected chi connectivity index (χ2v) is 7.88. The van der Waals surface area contributed by atoms with Crippen molar-refractivity contribution in [1.29, 1.82) is 0 Å². The van der Waals surface area contributed by atoms with Crippen molar-refractivity contribution >= 4 is 21.5 Å². The van der Waals surface area contributed by atoms with Gasteiger partial charge in [0.2, 0.25) is 10.9 Å². The van der Waals surface area contributed by atoms with Crippen LogP contribution in [-0.2, 0) is 10.1 Å². The molecule has 0 saturated carbocycles. The number of hydrogen-bond acceptors (Lipinski definition) is 9. The smallest absolute Gasteiger partial charge is 0.744 e. The van der Waals surface area contributed by atoms with Crippen LogP contribution in [0, 0.1) is 13.8 Å². The first-order valence-electron chi connectivity index (χ1n) is 8.73. The van der Waals surface area contributed by atoms with Crippen molar-refractivity contribution in [3.8, 4) is 0 Å². The van der Waals surface area contributed by atoms with Gasteiger partial charge in [0.15, 0.2) is 5.36 Å². The average molecular weight is 448 g/mol. The molecule has 0 bridgehead atoms. The summed E-state index contributed by atoms with van der Waals surface area (Å²) in [6.07, 6.45) is 0. The van der Waals surface area contributed by atoms with Crippen LogP contribution in [0.15, 0.2) is 79.3 Å². The van der Waals surface area contributed by atoms with Crippen LogP contribution in [0.2, 0.25) is 0 Å². The molecular formula is C20H17N4NaO5S. The van der Waals surface area contributed by atoms with Crippen LogP contribution in [0.5, 0.6) is 0 Å². The third kappa shape index (κ3) is 6.18. The molecule has 0 spiro atoms. The first-order chi connectivity index (χ1) is 14.1. The van der Waals surface area contributed by atoms with Gasteiger partial charge in [0.25, 0.3) is 0 Å². The van der Waals surface area contributed by atoms with Crippen LogP contribution in [0.25, 0.3) is 0 Å². The largest absolute Gasteiger partial charge is 1.00 e. The Labute approximate surface area is 199 Å². The second kappa shape index (κ2) is 10.1. The fourth-order valence-electron chi connectivity index (χ4n) is 2.61. The number of nitrogens with zero attached hydrogens (tertiary/aromatic N) is 2. The molecule has 0 atom stereocenters. The minimum Gasteiger partial charge on any atom is -0.744 e. The minimum absolute atomic E-state index is 0. The topological polar surface area (TPSA) is 140 Å². The number of hydrogen-bond donors (Lipinski definition) is 2. The summed E-state index contributed by atoms with van der Waals surface area (Å²) in [5.41, 5.74) is 7.07. The Morgan fingerprint density at radius 3 is 2.16 bits per heavy atom. The molecule has 0 heterocycles. The zero-order valence-electron chi connectivity index (χ0n) is 17.0. The summed E-state index contributed by atoms with van der Waals surface area (Å²) in [6, 6.07) is 12.9. The molecule has 0 saturated heterocycles. The van der Waals surface area contributed by atoms with Crippen molar-refractivity contribution < 1.29 is 42.5 Å². The molecule has 3 aromatic rings. The zero-order chi connectivity index (χ0) is 21.9. The minimum atomic E-state index is -4.55. The summed E-state index contributed by atoms with van der Waals surface area (Å²) in [7, 11) is -4.55. The molecule has 0 amide bonds. The molecule has 0 aliphatic rings. The van der Waals surface area contributed by atoms with Gasteiger partial charge in [-0.3, -0.25) is 20.4 Å². The van der Waals surface area contributed by atoms with Gasteiger partial charge in [-0.05, 0) is 61.9 Å². The van der Waals surface area contributed by atoms with Crippen molar-refractivity contribution in [3.05, 3.63) is 96.9 Å². The molecule has 3 rings (SSSR count). The first-order valence-corrected chi connectivity index (χ1v) is 10.1. The fourth-order valence-corrected chi connectivity index (χ4v) is 3.08. The van der Waals surface area contributed by atoms with Gasteiger partial charge in [0.1, 0.15) is 15.5 Å². The number of rotatable bonds is 5.